The molecule has 1 aromatic rings. The highest BCUT2D eigenvalue weighted by Gasteiger charge is 2.25. The Kier molecular flexibility index (Phi) is 5.90. The minimum absolute atomic E-state index is 0.713. The second kappa shape index (κ2) is 7.68. The van der Waals surface area contributed by atoms with Gasteiger partial charge in [0.25, 0.3) is 0 Å². The van der Waals surface area contributed by atoms with E-state index >= 15 is 0 Å². The van der Waals surface area contributed by atoms with Crippen LogP contribution in [0.3, 0.4) is 0 Å². The number of aryl methyl sites for hydroxylation is 1. The van der Waals surface area contributed by atoms with Crippen LogP contribution in [-0.2, 0) is 0 Å². The summed E-state index contributed by atoms with van der Waals surface area (Å²) in [4.78, 5) is 2.63. The van der Waals surface area contributed by atoms with Crippen LogP contribution in [0.5, 0.6) is 0 Å². The van der Waals surface area contributed by atoms with Crippen molar-refractivity contribution in [3.8, 4) is 0 Å². The largest absolute Gasteiger partial charge is 0.368 e. The van der Waals surface area contributed by atoms with Crippen molar-refractivity contribution in [1.29, 1.82) is 0 Å². The lowest BCUT2D eigenvalue weighted by Crippen LogP contribution is -2.39. The fraction of sp³-hybridized carbons (Fsp3) is 0.667. The molecule has 2 N–H and O–H groups in total. The summed E-state index contributed by atoms with van der Waals surface area (Å²) < 4.78 is 0. The van der Waals surface area contributed by atoms with E-state index in [4.69, 9.17) is 5.73 Å². The normalized spacial score (nSPS) is 22.8. The molecule has 2 rings (SSSR count). The highest BCUT2D eigenvalue weighted by Crippen LogP contribution is 2.33. The Balaban J connectivity index is 2.10. The van der Waals surface area contributed by atoms with Crippen molar-refractivity contribution in [2.45, 2.75) is 58.4 Å². The van der Waals surface area contributed by atoms with Gasteiger partial charge in [-0.1, -0.05) is 31.5 Å². The third-order valence-corrected chi connectivity index (χ3v) is 4.86. The molecule has 0 amide bonds. The van der Waals surface area contributed by atoms with E-state index in [1.165, 1.54) is 43.4 Å². The average molecular weight is 274 g/mol. The second-order valence-electron chi connectivity index (χ2n) is 6.20. The molecule has 0 atom stereocenters. The number of nitrogens with two attached hydrogens (primary N) is 1. The van der Waals surface area contributed by atoms with Gasteiger partial charge in [-0.15, -0.1) is 0 Å². The Labute approximate surface area is 124 Å². The van der Waals surface area contributed by atoms with Crippen molar-refractivity contribution in [2.24, 2.45) is 11.7 Å². The van der Waals surface area contributed by atoms with Crippen molar-refractivity contribution in [3.05, 3.63) is 29.8 Å². The zero-order chi connectivity index (χ0) is 14.4. The number of benzene rings is 1. The zero-order valence-corrected chi connectivity index (χ0v) is 13.1. The summed E-state index contributed by atoms with van der Waals surface area (Å²) in [5, 5.41) is 0. The van der Waals surface area contributed by atoms with E-state index < -0.39 is 0 Å². The fourth-order valence-electron chi connectivity index (χ4n) is 3.51. The molecule has 0 heterocycles. The fourth-order valence-corrected chi connectivity index (χ4v) is 3.51. The maximum absolute atomic E-state index is 5.74. The van der Waals surface area contributed by atoms with Gasteiger partial charge in [0.1, 0.15) is 0 Å². The lowest BCUT2D eigenvalue weighted by Gasteiger charge is -2.39. The van der Waals surface area contributed by atoms with Crippen LogP contribution < -0.4 is 10.6 Å². The van der Waals surface area contributed by atoms with Gasteiger partial charge in [0.05, 0.1) is 0 Å². The molecule has 0 spiro atoms. The second-order valence-corrected chi connectivity index (χ2v) is 6.20. The number of hydrogen-bond acceptors (Lipinski definition) is 2. The van der Waals surface area contributed by atoms with Gasteiger partial charge in [-0.2, -0.15) is 0 Å². The van der Waals surface area contributed by atoms with Crippen molar-refractivity contribution < 1.29 is 0 Å². The molecule has 0 bridgehead atoms. The van der Waals surface area contributed by atoms with Crippen molar-refractivity contribution in [3.63, 3.8) is 0 Å². The van der Waals surface area contributed by atoms with Crippen molar-refractivity contribution >= 4 is 5.69 Å². The molecule has 0 aromatic heterocycles. The molecule has 20 heavy (non-hydrogen) atoms. The van der Waals surface area contributed by atoms with E-state index in [9.17, 15) is 0 Å². The molecule has 0 saturated heterocycles. The van der Waals surface area contributed by atoms with Crippen LogP contribution in [0, 0.1) is 12.8 Å². The zero-order valence-electron chi connectivity index (χ0n) is 13.1. The lowest BCUT2D eigenvalue weighted by atomic mass is 9.83. The topological polar surface area (TPSA) is 29.3 Å². The Bertz CT molecular complexity index is 394. The predicted octanol–water partition coefficient (Wildman–Crippen LogP) is 4.12. The van der Waals surface area contributed by atoms with E-state index in [1.807, 2.05) is 0 Å². The van der Waals surface area contributed by atoms with Gasteiger partial charge in [0.15, 0.2) is 0 Å². The van der Waals surface area contributed by atoms with Gasteiger partial charge in [-0.3, -0.25) is 0 Å². The molecule has 1 aliphatic carbocycles. The van der Waals surface area contributed by atoms with Crippen LogP contribution in [0.25, 0.3) is 0 Å². The van der Waals surface area contributed by atoms with E-state index in [0.29, 0.717) is 6.04 Å². The highest BCUT2D eigenvalue weighted by molar-refractivity contribution is 5.53. The number of para-hydroxylation sites is 1. The molecule has 1 saturated carbocycles. The molecule has 1 fully saturated rings. The van der Waals surface area contributed by atoms with Crippen LogP contribution in [0.4, 0.5) is 5.69 Å². The SMILES string of the molecule is CCC1CCC(N(CCCN)c2ccccc2C)CC1. The van der Waals surface area contributed by atoms with Gasteiger partial charge in [0.2, 0.25) is 0 Å². The third kappa shape index (κ3) is 3.76. The molecule has 112 valence electrons. The monoisotopic (exact) mass is 274 g/mol. The summed E-state index contributed by atoms with van der Waals surface area (Å²) in [6.07, 6.45) is 7.91. The first kappa shape index (κ1) is 15.4. The quantitative estimate of drug-likeness (QED) is 0.845. The van der Waals surface area contributed by atoms with E-state index in [1.54, 1.807) is 0 Å². The number of nitrogens with zero attached hydrogens (tertiary/aromatic N) is 1. The molecular weight excluding hydrogens is 244 g/mol. The van der Waals surface area contributed by atoms with Crippen LogP contribution in [0.15, 0.2) is 24.3 Å². The van der Waals surface area contributed by atoms with Gasteiger partial charge >= 0.3 is 0 Å². The predicted molar refractivity (Wildman–Crippen MR) is 88.2 cm³/mol. The van der Waals surface area contributed by atoms with Crippen LogP contribution >= 0.6 is 0 Å². The number of rotatable bonds is 6. The van der Waals surface area contributed by atoms with Crippen LogP contribution in [0.1, 0.15) is 51.0 Å². The Hall–Kier alpha value is -1.02. The molecule has 0 unspecified atom stereocenters. The average Bonchev–Trinajstić information content (AvgIpc) is 2.50. The minimum atomic E-state index is 0.713. The minimum Gasteiger partial charge on any atom is -0.368 e. The van der Waals surface area contributed by atoms with E-state index in [0.717, 1.165) is 25.4 Å². The van der Waals surface area contributed by atoms with Gasteiger partial charge in [-0.05, 0) is 63.1 Å². The third-order valence-electron chi connectivity index (χ3n) is 4.86. The number of hydrogen-bond donors (Lipinski definition) is 1. The summed E-state index contributed by atoms with van der Waals surface area (Å²) in [5.74, 6) is 0.958. The maximum atomic E-state index is 5.74. The van der Waals surface area contributed by atoms with Gasteiger partial charge in [-0.25, -0.2) is 0 Å². The molecule has 1 aromatic carbocycles. The van der Waals surface area contributed by atoms with Gasteiger partial charge in [0, 0.05) is 18.3 Å². The highest BCUT2D eigenvalue weighted by atomic mass is 15.2. The molecule has 2 nitrogen and oxygen atoms in total. The van der Waals surface area contributed by atoms with Crippen LogP contribution in [-0.4, -0.2) is 19.1 Å². The Morgan fingerprint density at radius 1 is 1.15 bits per heavy atom. The molecule has 1 aliphatic rings. The first-order valence-electron chi connectivity index (χ1n) is 8.28. The molecule has 0 aliphatic heterocycles. The lowest BCUT2D eigenvalue weighted by molar-refractivity contribution is 0.307. The first-order valence-corrected chi connectivity index (χ1v) is 8.28. The van der Waals surface area contributed by atoms with Crippen LogP contribution in [0.2, 0.25) is 0 Å². The Morgan fingerprint density at radius 2 is 1.85 bits per heavy atom. The number of anilines is 1. The molecular formula is C18H30N2. The smallest absolute Gasteiger partial charge is 0.0398 e. The summed E-state index contributed by atoms with van der Waals surface area (Å²) in [7, 11) is 0. The van der Waals surface area contributed by atoms with E-state index in [2.05, 4.69) is 43.0 Å². The summed E-state index contributed by atoms with van der Waals surface area (Å²) in [6, 6.07) is 9.51. The Morgan fingerprint density at radius 3 is 2.45 bits per heavy atom. The summed E-state index contributed by atoms with van der Waals surface area (Å²) >= 11 is 0. The molecule has 2 heteroatoms. The van der Waals surface area contributed by atoms with Gasteiger partial charge < -0.3 is 10.6 Å². The van der Waals surface area contributed by atoms with E-state index in [-0.39, 0.29) is 0 Å². The molecule has 0 radical (unpaired) electrons. The summed E-state index contributed by atoms with van der Waals surface area (Å²) in [5.41, 5.74) is 8.55. The standard InChI is InChI=1S/C18H30N2/c1-3-16-9-11-17(12-10-16)20(14-6-13-19)18-8-5-4-7-15(18)2/h4-5,7-8,16-17H,3,6,9-14,19H2,1-2H3. The first-order chi connectivity index (χ1) is 9.76. The maximum Gasteiger partial charge on any atom is 0.0398 e. The summed E-state index contributed by atoms with van der Waals surface area (Å²) in [6.45, 7) is 6.44. The van der Waals surface area contributed by atoms with Crippen molar-refractivity contribution in [2.75, 3.05) is 18.0 Å². The van der Waals surface area contributed by atoms with Crippen molar-refractivity contribution in [1.82, 2.24) is 0 Å².